The van der Waals surface area contributed by atoms with Gasteiger partial charge >= 0.3 is 0 Å². The fourth-order valence-corrected chi connectivity index (χ4v) is 3.95. The molecule has 34 heavy (non-hydrogen) atoms. The number of nitrogens with two attached hydrogens (primary N) is 1. The second-order valence-corrected chi connectivity index (χ2v) is 7.57. The van der Waals surface area contributed by atoms with Crippen molar-refractivity contribution in [1.29, 1.82) is 0 Å². The molecular weight excluding hydrogens is 428 g/mol. The van der Waals surface area contributed by atoms with Crippen molar-refractivity contribution in [3.05, 3.63) is 95.6 Å². The Bertz CT molecular complexity index is 1620. The molecule has 0 aliphatic carbocycles. The van der Waals surface area contributed by atoms with Crippen molar-refractivity contribution < 1.29 is 0 Å². The lowest BCUT2D eigenvalue weighted by Gasteiger charge is -2.15. The highest BCUT2D eigenvalue weighted by molar-refractivity contribution is 5.95. The summed E-state index contributed by atoms with van der Waals surface area (Å²) in [4.78, 5) is 27.7. The first kappa shape index (κ1) is 21.1. The van der Waals surface area contributed by atoms with Crippen LogP contribution >= 0.6 is 0 Å². The summed E-state index contributed by atoms with van der Waals surface area (Å²) in [5, 5.41) is 8.64. The zero-order valence-electron chi connectivity index (χ0n) is 18.4. The quantitative estimate of drug-likeness (QED) is 0.375. The molecule has 4 N–H and O–H groups in total. The minimum atomic E-state index is 0.000694. The number of nitrogen functional groups attached to an aromatic ring is 1. The normalized spacial score (nSPS) is 10.9. The summed E-state index contributed by atoms with van der Waals surface area (Å²) in [5.74, 6) is 0.433. The molecule has 0 radical (unpaired) electrons. The minimum absolute atomic E-state index is 0.000694. The van der Waals surface area contributed by atoms with Crippen LogP contribution in [0.2, 0.25) is 0 Å². The minimum Gasteiger partial charge on any atom is -0.382 e. The molecule has 6 aromatic rings. The van der Waals surface area contributed by atoms with Gasteiger partial charge in [-0.1, -0.05) is 43.3 Å². The monoisotopic (exact) mass is 450 g/mol. The van der Waals surface area contributed by atoms with Crippen LogP contribution < -0.4 is 11.3 Å². The second kappa shape index (κ2) is 8.99. The summed E-state index contributed by atoms with van der Waals surface area (Å²) in [7, 11) is 0. The molecule has 0 fully saturated rings. The lowest BCUT2D eigenvalue weighted by atomic mass is 10.0. The molecule has 0 saturated heterocycles. The van der Waals surface area contributed by atoms with E-state index in [-0.39, 0.29) is 5.56 Å². The Morgan fingerprint density at radius 1 is 1.00 bits per heavy atom. The van der Waals surface area contributed by atoms with Crippen LogP contribution in [0.1, 0.15) is 12.6 Å². The molecule has 9 heteroatoms. The predicted octanol–water partition coefficient (Wildman–Crippen LogP) is 3.88. The second-order valence-electron chi connectivity index (χ2n) is 7.57. The van der Waals surface area contributed by atoms with E-state index in [1.807, 2.05) is 59.2 Å². The summed E-state index contributed by atoms with van der Waals surface area (Å²) in [5.41, 5.74) is 10.4. The van der Waals surface area contributed by atoms with Gasteiger partial charge in [-0.2, -0.15) is 5.10 Å². The van der Waals surface area contributed by atoms with E-state index in [1.165, 1.54) is 12.7 Å². The maximum absolute atomic E-state index is 13.4. The zero-order valence-corrected chi connectivity index (χ0v) is 18.4. The fraction of sp³-hybridized carbons (Fsp3) is 0.0800. The number of imidazole rings is 1. The largest absolute Gasteiger partial charge is 0.382 e. The molecule has 0 unspecified atom stereocenters. The summed E-state index contributed by atoms with van der Waals surface area (Å²) in [6, 6.07) is 19.7. The number of aromatic amines is 2. The van der Waals surface area contributed by atoms with Gasteiger partial charge in [-0.3, -0.25) is 14.5 Å². The molecule has 4 heterocycles. The summed E-state index contributed by atoms with van der Waals surface area (Å²) >= 11 is 0. The lowest BCUT2D eigenvalue weighted by Crippen LogP contribution is -2.22. The van der Waals surface area contributed by atoms with E-state index in [1.54, 1.807) is 6.20 Å². The van der Waals surface area contributed by atoms with Crippen LogP contribution in [0.4, 0.5) is 5.82 Å². The fourth-order valence-electron chi connectivity index (χ4n) is 3.95. The molecule has 0 bridgehead atoms. The van der Waals surface area contributed by atoms with Crippen molar-refractivity contribution >= 4 is 27.8 Å². The number of nitrogens with one attached hydrogen (secondary N) is 2. The first-order valence-corrected chi connectivity index (χ1v) is 10.8. The number of hydrogen-bond donors (Lipinski definition) is 3. The number of benzene rings is 2. The van der Waals surface area contributed by atoms with Gasteiger partial charge in [0.1, 0.15) is 11.8 Å². The maximum Gasteiger partial charge on any atom is 0.263 e. The molecule has 6 rings (SSSR count). The number of pyridine rings is 1. The highest BCUT2D eigenvalue weighted by Gasteiger charge is 2.14. The van der Waals surface area contributed by atoms with Crippen LogP contribution in [-0.2, 0) is 6.42 Å². The Kier molecular flexibility index (Phi) is 5.57. The van der Waals surface area contributed by atoms with Crippen molar-refractivity contribution in [2.45, 2.75) is 13.3 Å². The average Bonchev–Trinajstić information content (AvgIpc) is 3.58. The Labute approximate surface area is 194 Å². The number of aromatic nitrogens is 7. The smallest absolute Gasteiger partial charge is 0.263 e. The van der Waals surface area contributed by atoms with Crippen molar-refractivity contribution in [3.8, 4) is 16.9 Å². The molecule has 9 nitrogen and oxygen atoms in total. The van der Waals surface area contributed by atoms with Crippen LogP contribution in [0.5, 0.6) is 0 Å². The van der Waals surface area contributed by atoms with Crippen LogP contribution in [0.3, 0.4) is 0 Å². The molecular formula is C25H22N8O. The highest BCUT2D eigenvalue weighted by atomic mass is 16.1. The van der Waals surface area contributed by atoms with E-state index in [0.29, 0.717) is 22.4 Å². The highest BCUT2D eigenvalue weighted by Crippen LogP contribution is 2.26. The standard InChI is InChI=1S/C20H17N3O.C5H5N5/c1-2-15-13-14-7-6-10-17(18-11-12-21-22-18)19(14)20(24)23(15)16-8-4-3-5-9-16;6-4-3-5(9-1-7-3)10-2-8-4/h3-13H,2H2,1H3,(H,21,22);1-2H,(H3,6,7,8,9,10). The number of para-hydroxylation sites is 1. The van der Waals surface area contributed by atoms with E-state index < -0.39 is 0 Å². The first-order valence-electron chi connectivity index (χ1n) is 10.8. The third-order valence-corrected chi connectivity index (χ3v) is 5.54. The van der Waals surface area contributed by atoms with Gasteiger partial charge in [-0.25, -0.2) is 15.0 Å². The molecule has 168 valence electrons. The van der Waals surface area contributed by atoms with Gasteiger partial charge in [0.25, 0.3) is 5.56 Å². The molecule has 0 saturated carbocycles. The maximum atomic E-state index is 13.4. The lowest BCUT2D eigenvalue weighted by molar-refractivity contribution is 0.889. The van der Waals surface area contributed by atoms with Gasteiger partial charge < -0.3 is 10.7 Å². The number of fused-ring (bicyclic) bond motifs is 2. The third kappa shape index (κ3) is 3.79. The van der Waals surface area contributed by atoms with Crippen LogP contribution in [-0.4, -0.2) is 34.7 Å². The third-order valence-electron chi connectivity index (χ3n) is 5.54. The van der Waals surface area contributed by atoms with E-state index in [2.05, 4.69) is 43.1 Å². The van der Waals surface area contributed by atoms with E-state index in [4.69, 9.17) is 5.73 Å². The van der Waals surface area contributed by atoms with Gasteiger partial charge in [0.2, 0.25) is 0 Å². The Morgan fingerprint density at radius 2 is 1.85 bits per heavy atom. The Hall–Kier alpha value is -4.79. The van der Waals surface area contributed by atoms with Crippen molar-refractivity contribution in [2.24, 2.45) is 0 Å². The summed E-state index contributed by atoms with van der Waals surface area (Å²) in [6.45, 7) is 2.07. The predicted molar refractivity (Wildman–Crippen MR) is 133 cm³/mol. The van der Waals surface area contributed by atoms with Gasteiger partial charge in [0.15, 0.2) is 11.5 Å². The number of anilines is 1. The number of rotatable bonds is 3. The van der Waals surface area contributed by atoms with E-state index in [0.717, 1.165) is 34.4 Å². The van der Waals surface area contributed by atoms with E-state index in [9.17, 15) is 4.79 Å². The van der Waals surface area contributed by atoms with Gasteiger partial charge in [0, 0.05) is 23.1 Å². The molecule has 0 amide bonds. The van der Waals surface area contributed by atoms with Crippen molar-refractivity contribution in [2.75, 3.05) is 5.73 Å². The summed E-state index contributed by atoms with van der Waals surface area (Å²) in [6.07, 6.45) is 5.41. The number of aryl methyl sites for hydroxylation is 1. The van der Waals surface area contributed by atoms with Crippen molar-refractivity contribution in [3.63, 3.8) is 0 Å². The average molecular weight is 451 g/mol. The molecule has 0 aliphatic heterocycles. The van der Waals surface area contributed by atoms with Gasteiger partial charge in [-0.05, 0) is 36.1 Å². The molecule has 0 atom stereocenters. The Morgan fingerprint density at radius 3 is 2.59 bits per heavy atom. The number of H-pyrrole nitrogens is 2. The summed E-state index contributed by atoms with van der Waals surface area (Å²) < 4.78 is 1.81. The van der Waals surface area contributed by atoms with Gasteiger partial charge in [0.05, 0.1) is 17.4 Å². The van der Waals surface area contributed by atoms with Gasteiger partial charge in [-0.15, -0.1) is 0 Å². The topological polar surface area (TPSA) is 131 Å². The van der Waals surface area contributed by atoms with Crippen LogP contribution in [0, 0.1) is 0 Å². The first-order chi connectivity index (χ1) is 16.7. The van der Waals surface area contributed by atoms with Crippen LogP contribution in [0.25, 0.3) is 38.9 Å². The Balaban J connectivity index is 0.000000200. The molecule has 2 aromatic carbocycles. The zero-order chi connectivity index (χ0) is 23.5. The van der Waals surface area contributed by atoms with Crippen molar-refractivity contribution in [1.82, 2.24) is 34.7 Å². The molecule has 4 aromatic heterocycles. The van der Waals surface area contributed by atoms with Crippen LogP contribution in [0.15, 0.2) is 84.3 Å². The number of hydrogen-bond acceptors (Lipinski definition) is 6. The number of nitrogens with zero attached hydrogens (tertiary/aromatic N) is 5. The molecule has 0 spiro atoms. The SMILES string of the molecule is CCc1cc2cccc(-c3ccn[nH]3)c2c(=O)n1-c1ccccc1.Nc1ncnc2nc[nH]c12. The molecule has 0 aliphatic rings. The van der Waals surface area contributed by atoms with E-state index >= 15 is 0 Å².